The van der Waals surface area contributed by atoms with Crippen molar-refractivity contribution < 1.29 is 9.53 Å². The van der Waals surface area contributed by atoms with Crippen molar-refractivity contribution in [1.29, 1.82) is 0 Å². The highest BCUT2D eigenvalue weighted by atomic mass is 16.5. The molecule has 0 fully saturated rings. The lowest BCUT2D eigenvalue weighted by Crippen LogP contribution is -1.93. The Kier molecular flexibility index (Phi) is 4.61. The lowest BCUT2D eigenvalue weighted by Gasteiger charge is -2.08. The Morgan fingerprint density at radius 2 is 2.07 bits per heavy atom. The van der Waals surface area contributed by atoms with Crippen LogP contribution < -0.4 is 0 Å². The van der Waals surface area contributed by atoms with E-state index in [9.17, 15) is 4.79 Å². The minimum atomic E-state index is 0.667. The summed E-state index contributed by atoms with van der Waals surface area (Å²) in [7, 11) is 0. The smallest absolute Gasteiger partial charge is 0.150 e. The van der Waals surface area contributed by atoms with E-state index >= 15 is 0 Å². The van der Waals surface area contributed by atoms with Gasteiger partial charge in [-0.1, -0.05) is 44.2 Å². The molecule has 0 unspecified atom stereocenters. The third-order valence-corrected chi connectivity index (χ3v) is 2.14. The largest absolute Gasteiger partial charge is 0.494 e. The van der Waals surface area contributed by atoms with Crippen molar-refractivity contribution in [1.82, 2.24) is 0 Å². The van der Waals surface area contributed by atoms with Crippen LogP contribution in [0.15, 0.2) is 30.8 Å². The molecule has 0 amide bonds. The fraction of sp³-hybridized carbons (Fsp3) is 0.308. The third kappa shape index (κ3) is 3.58. The first-order valence-corrected chi connectivity index (χ1v) is 5.15. The first kappa shape index (κ1) is 11.5. The fourth-order valence-electron chi connectivity index (χ4n) is 1.17. The second-order valence-corrected chi connectivity index (χ2v) is 3.37. The van der Waals surface area contributed by atoms with Crippen LogP contribution in [0.25, 0.3) is 5.76 Å². The van der Waals surface area contributed by atoms with E-state index in [1.807, 2.05) is 12.1 Å². The zero-order chi connectivity index (χ0) is 11.1. The number of rotatable bonds is 6. The van der Waals surface area contributed by atoms with E-state index < -0.39 is 0 Å². The summed E-state index contributed by atoms with van der Waals surface area (Å²) in [5.74, 6) is 0.667. The van der Waals surface area contributed by atoms with E-state index in [0.29, 0.717) is 17.9 Å². The molecule has 2 nitrogen and oxygen atoms in total. The number of carbonyl (C=O) groups excluding carboxylic acids is 1. The quantitative estimate of drug-likeness (QED) is 0.404. The second-order valence-electron chi connectivity index (χ2n) is 3.37. The molecule has 80 valence electrons. The molecule has 0 aliphatic carbocycles. The summed E-state index contributed by atoms with van der Waals surface area (Å²) in [5, 5.41) is 0. The summed E-state index contributed by atoms with van der Waals surface area (Å²) >= 11 is 0. The first-order chi connectivity index (χ1) is 7.27. The SMILES string of the molecule is C=C(OCCCC)c1ccc(C=O)cc1. The summed E-state index contributed by atoms with van der Waals surface area (Å²) in [5.41, 5.74) is 1.59. The second kappa shape index (κ2) is 6.02. The Hall–Kier alpha value is -1.57. The Bertz CT molecular complexity index is 325. The summed E-state index contributed by atoms with van der Waals surface area (Å²) in [6.07, 6.45) is 2.97. The molecule has 15 heavy (non-hydrogen) atoms. The van der Waals surface area contributed by atoms with Crippen molar-refractivity contribution in [3.8, 4) is 0 Å². The average Bonchev–Trinajstić information content (AvgIpc) is 2.29. The van der Waals surface area contributed by atoms with Crippen molar-refractivity contribution in [2.24, 2.45) is 0 Å². The van der Waals surface area contributed by atoms with Crippen molar-refractivity contribution >= 4 is 12.0 Å². The lowest BCUT2D eigenvalue weighted by atomic mass is 10.1. The molecule has 0 saturated carbocycles. The number of hydrogen-bond acceptors (Lipinski definition) is 2. The molecule has 0 aromatic heterocycles. The van der Waals surface area contributed by atoms with Crippen LogP contribution in [0, 0.1) is 0 Å². The van der Waals surface area contributed by atoms with Crippen LogP contribution in [0.4, 0.5) is 0 Å². The van der Waals surface area contributed by atoms with E-state index in [4.69, 9.17) is 4.74 Å². The van der Waals surface area contributed by atoms with Gasteiger partial charge in [0.05, 0.1) is 6.61 Å². The van der Waals surface area contributed by atoms with Crippen LogP contribution in [0.3, 0.4) is 0 Å². The summed E-state index contributed by atoms with van der Waals surface area (Å²) in [6.45, 7) is 6.66. The molecule has 0 N–H and O–H groups in total. The molecule has 1 aromatic carbocycles. The minimum Gasteiger partial charge on any atom is -0.494 e. The van der Waals surface area contributed by atoms with Gasteiger partial charge in [-0.25, -0.2) is 0 Å². The zero-order valence-corrected chi connectivity index (χ0v) is 9.03. The molecule has 2 heteroatoms. The van der Waals surface area contributed by atoms with Crippen LogP contribution >= 0.6 is 0 Å². The number of ether oxygens (including phenoxy) is 1. The standard InChI is InChI=1S/C13H16O2/c1-3-4-9-15-11(2)13-7-5-12(10-14)6-8-13/h5-8,10H,2-4,9H2,1H3. The zero-order valence-electron chi connectivity index (χ0n) is 9.03. The summed E-state index contributed by atoms with van der Waals surface area (Å²) in [4.78, 5) is 10.4. The predicted molar refractivity (Wildman–Crippen MR) is 61.7 cm³/mol. The maximum atomic E-state index is 10.4. The van der Waals surface area contributed by atoms with Crippen molar-refractivity contribution in [3.05, 3.63) is 42.0 Å². The third-order valence-electron chi connectivity index (χ3n) is 2.14. The molecular weight excluding hydrogens is 188 g/mol. The molecule has 0 bridgehead atoms. The first-order valence-electron chi connectivity index (χ1n) is 5.15. The summed E-state index contributed by atoms with van der Waals surface area (Å²) in [6, 6.07) is 7.21. The molecule has 0 aliphatic rings. The topological polar surface area (TPSA) is 26.3 Å². The van der Waals surface area contributed by atoms with E-state index in [1.165, 1.54) is 0 Å². The van der Waals surface area contributed by atoms with Gasteiger partial charge >= 0.3 is 0 Å². The molecule has 0 heterocycles. The number of unbranched alkanes of at least 4 members (excludes halogenated alkanes) is 1. The Morgan fingerprint density at radius 1 is 1.40 bits per heavy atom. The highest BCUT2D eigenvalue weighted by molar-refractivity contribution is 5.75. The van der Waals surface area contributed by atoms with Crippen LogP contribution in [0.1, 0.15) is 35.7 Å². The van der Waals surface area contributed by atoms with Gasteiger partial charge in [0.25, 0.3) is 0 Å². The van der Waals surface area contributed by atoms with Gasteiger partial charge in [-0.15, -0.1) is 0 Å². The molecule has 0 radical (unpaired) electrons. The maximum Gasteiger partial charge on any atom is 0.150 e. The molecule has 0 aliphatic heterocycles. The Labute approximate surface area is 90.6 Å². The molecule has 1 aromatic rings. The fourth-order valence-corrected chi connectivity index (χ4v) is 1.17. The lowest BCUT2D eigenvalue weighted by molar-refractivity contribution is 0.112. The Morgan fingerprint density at radius 3 is 2.60 bits per heavy atom. The normalized spacial score (nSPS) is 9.67. The van der Waals surface area contributed by atoms with Gasteiger partial charge in [-0.2, -0.15) is 0 Å². The van der Waals surface area contributed by atoms with Crippen molar-refractivity contribution in [2.75, 3.05) is 6.61 Å². The highest BCUT2D eigenvalue weighted by Gasteiger charge is 1.99. The van der Waals surface area contributed by atoms with E-state index in [2.05, 4.69) is 13.5 Å². The van der Waals surface area contributed by atoms with Crippen LogP contribution in [0.2, 0.25) is 0 Å². The van der Waals surface area contributed by atoms with Crippen LogP contribution in [0.5, 0.6) is 0 Å². The predicted octanol–water partition coefficient (Wildman–Crippen LogP) is 3.29. The van der Waals surface area contributed by atoms with Gasteiger partial charge in [0.15, 0.2) is 0 Å². The van der Waals surface area contributed by atoms with Crippen molar-refractivity contribution in [3.63, 3.8) is 0 Å². The molecule has 1 rings (SSSR count). The van der Waals surface area contributed by atoms with Crippen LogP contribution in [-0.4, -0.2) is 12.9 Å². The van der Waals surface area contributed by atoms with Gasteiger partial charge in [0.2, 0.25) is 0 Å². The van der Waals surface area contributed by atoms with Gasteiger partial charge in [0, 0.05) is 11.1 Å². The molecule has 0 saturated heterocycles. The van der Waals surface area contributed by atoms with Gasteiger partial charge in [-0.3, -0.25) is 4.79 Å². The highest BCUT2D eigenvalue weighted by Crippen LogP contribution is 2.14. The maximum absolute atomic E-state index is 10.4. The van der Waals surface area contributed by atoms with E-state index in [-0.39, 0.29) is 0 Å². The number of aldehydes is 1. The van der Waals surface area contributed by atoms with Crippen molar-refractivity contribution in [2.45, 2.75) is 19.8 Å². The minimum absolute atomic E-state index is 0.667. The van der Waals surface area contributed by atoms with Gasteiger partial charge < -0.3 is 4.74 Å². The molecule has 0 atom stereocenters. The number of carbonyl (C=O) groups is 1. The van der Waals surface area contributed by atoms with E-state index in [0.717, 1.165) is 24.7 Å². The van der Waals surface area contributed by atoms with E-state index in [1.54, 1.807) is 12.1 Å². The average molecular weight is 204 g/mol. The summed E-state index contributed by atoms with van der Waals surface area (Å²) < 4.78 is 5.46. The number of benzene rings is 1. The van der Waals surface area contributed by atoms with Gasteiger partial charge in [0.1, 0.15) is 12.0 Å². The van der Waals surface area contributed by atoms with Crippen LogP contribution in [-0.2, 0) is 4.74 Å². The molecular formula is C13H16O2. The molecule has 0 spiro atoms. The Balaban J connectivity index is 2.54. The van der Waals surface area contributed by atoms with Gasteiger partial charge in [-0.05, 0) is 6.42 Å². The number of hydrogen-bond donors (Lipinski definition) is 0. The monoisotopic (exact) mass is 204 g/mol.